The first-order valence-electron chi connectivity index (χ1n) is 5.57. The molecule has 2 aliphatic heterocycles. The topological polar surface area (TPSA) is 53.3 Å². The highest BCUT2D eigenvalue weighted by Gasteiger charge is 2.30. The standard InChI is InChI=1S/C11H16N2O2/c12-7-9-1-4-13(5-2-9)11(14)10-3-6-15-8-10/h9-10H,1-6,8H2. The summed E-state index contributed by atoms with van der Waals surface area (Å²) in [6.45, 7) is 2.78. The van der Waals surface area contributed by atoms with Crippen molar-refractivity contribution in [3.05, 3.63) is 0 Å². The first-order valence-corrected chi connectivity index (χ1v) is 5.57. The van der Waals surface area contributed by atoms with Crippen LogP contribution in [0.4, 0.5) is 0 Å². The summed E-state index contributed by atoms with van der Waals surface area (Å²) < 4.78 is 5.21. The number of hydrogen-bond acceptors (Lipinski definition) is 3. The third-order valence-electron chi connectivity index (χ3n) is 3.27. The van der Waals surface area contributed by atoms with Gasteiger partial charge in [0.2, 0.25) is 5.91 Å². The zero-order chi connectivity index (χ0) is 10.7. The smallest absolute Gasteiger partial charge is 0.228 e. The van der Waals surface area contributed by atoms with Gasteiger partial charge in [-0.2, -0.15) is 5.26 Å². The van der Waals surface area contributed by atoms with E-state index in [9.17, 15) is 4.79 Å². The second kappa shape index (κ2) is 4.63. The van der Waals surface area contributed by atoms with Crippen LogP contribution in [0.15, 0.2) is 0 Å². The van der Waals surface area contributed by atoms with E-state index in [0.717, 1.165) is 32.4 Å². The van der Waals surface area contributed by atoms with Crippen molar-refractivity contribution in [3.8, 4) is 6.07 Å². The number of ether oxygens (including phenoxy) is 1. The van der Waals surface area contributed by atoms with Gasteiger partial charge in [-0.3, -0.25) is 4.79 Å². The second-order valence-electron chi connectivity index (χ2n) is 4.29. The molecule has 0 saturated carbocycles. The van der Waals surface area contributed by atoms with E-state index in [1.54, 1.807) is 0 Å². The summed E-state index contributed by atoms with van der Waals surface area (Å²) in [5.41, 5.74) is 0. The molecule has 0 N–H and O–H groups in total. The Bertz CT molecular complexity index is 271. The second-order valence-corrected chi connectivity index (χ2v) is 4.29. The fraction of sp³-hybridized carbons (Fsp3) is 0.818. The van der Waals surface area contributed by atoms with Crippen molar-refractivity contribution in [2.24, 2.45) is 11.8 Å². The van der Waals surface area contributed by atoms with Crippen LogP contribution in [0.1, 0.15) is 19.3 Å². The van der Waals surface area contributed by atoms with Crippen LogP contribution in [-0.2, 0) is 9.53 Å². The maximum atomic E-state index is 12.0. The molecule has 2 heterocycles. The summed E-state index contributed by atoms with van der Waals surface area (Å²) >= 11 is 0. The van der Waals surface area contributed by atoms with Crippen molar-refractivity contribution in [1.82, 2.24) is 4.90 Å². The summed E-state index contributed by atoms with van der Waals surface area (Å²) in [4.78, 5) is 13.9. The van der Waals surface area contributed by atoms with Gasteiger partial charge in [0.1, 0.15) is 0 Å². The van der Waals surface area contributed by atoms with Gasteiger partial charge in [-0.05, 0) is 19.3 Å². The van der Waals surface area contributed by atoms with Crippen LogP contribution >= 0.6 is 0 Å². The van der Waals surface area contributed by atoms with Gasteiger partial charge in [-0.1, -0.05) is 0 Å². The van der Waals surface area contributed by atoms with Crippen LogP contribution in [0.25, 0.3) is 0 Å². The lowest BCUT2D eigenvalue weighted by molar-refractivity contribution is -0.136. The van der Waals surface area contributed by atoms with Crippen molar-refractivity contribution in [2.45, 2.75) is 19.3 Å². The Morgan fingerprint density at radius 2 is 2.07 bits per heavy atom. The molecule has 0 aromatic carbocycles. The van der Waals surface area contributed by atoms with Gasteiger partial charge in [-0.25, -0.2) is 0 Å². The third-order valence-corrected chi connectivity index (χ3v) is 3.27. The van der Waals surface area contributed by atoms with Crippen molar-refractivity contribution in [3.63, 3.8) is 0 Å². The highest BCUT2D eigenvalue weighted by molar-refractivity contribution is 5.79. The van der Waals surface area contributed by atoms with E-state index in [2.05, 4.69) is 6.07 Å². The van der Waals surface area contributed by atoms with Gasteiger partial charge in [0.05, 0.1) is 18.6 Å². The molecular weight excluding hydrogens is 192 g/mol. The quantitative estimate of drug-likeness (QED) is 0.640. The lowest BCUT2D eigenvalue weighted by atomic mass is 9.97. The van der Waals surface area contributed by atoms with E-state index in [1.165, 1.54) is 0 Å². The molecule has 0 aromatic heterocycles. The van der Waals surface area contributed by atoms with Crippen molar-refractivity contribution < 1.29 is 9.53 Å². The highest BCUT2D eigenvalue weighted by atomic mass is 16.5. The van der Waals surface area contributed by atoms with E-state index in [-0.39, 0.29) is 17.7 Å². The van der Waals surface area contributed by atoms with Gasteiger partial charge in [0.15, 0.2) is 0 Å². The lowest BCUT2D eigenvalue weighted by Gasteiger charge is -2.30. The zero-order valence-corrected chi connectivity index (χ0v) is 8.82. The number of amides is 1. The summed E-state index contributed by atoms with van der Waals surface area (Å²) in [5, 5.41) is 8.75. The van der Waals surface area contributed by atoms with Crippen molar-refractivity contribution in [1.29, 1.82) is 5.26 Å². The fourth-order valence-electron chi connectivity index (χ4n) is 2.22. The number of rotatable bonds is 1. The molecule has 0 spiro atoms. The molecule has 0 radical (unpaired) electrons. The molecule has 15 heavy (non-hydrogen) atoms. The summed E-state index contributed by atoms with van der Waals surface area (Å²) in [5.74, 6) is 0.446. The van der Waals surface area contributed by atoms with E-state index in [4.69, 9.17) is 10.00 Å². The van der Waals surface area contributed by atoms with Crippen LogP contribution in [0.2, 0.25) is 0 Å². The predicted molar refractivity (Wildman–Crippen MR) is 53.8 cm³/mol. The molecule has 0 aromatic rings. The van der Waals surface area contributed by atoms with Crippen LogP contribution < -0.4 is 0 Å². The molecule has 2 fully saturated rings. The largest absolute Gasteiger partial charge is 0.381 e. The monoisotopic (exact) mass is 208 g/mol. The lowest BCUT2D eigenvalue weighted by Crippen LogP contribution is -2.41. The average Bonchev–Trinajstić information content (AvgIpc) is 2.82. The first-order chi connectivity index (χ1) is 7.31. The molecule has 0 bridgehead atoms. The van der Waals surface area contributed by atoms with Gasteiger partial charge in [-0.15, -0.1) is 0 Å². The maximum Gasteiger partial charge on any atom is 0.228 e. The highest BCUT2D eigenvalue weighted by Crippen LogP contribution is 2.21. The van der Waals surface area contributed by atoms with Gasteiger partial charge < -0.3 is 9.64 Å². The molecule has 2 saturated heterocycles. The Labute approximate surface area is 89.8 Å². The Hall–Kier alpha value is -1.08. The molecule has 2 aliphatic rings. The Morgan fingerprint density at radius 1 is 1.33 bits per heavy atom. The Kier molecular flexibility index (Phi) is 3.22. The normalized spacial score (nSPS) is 27.7. The number of piperidine rings is 1. The summed E-state index contributed by atoms with van der Waals surface area (Å²) in [6.07, 6.45) is 2.52. The average molecular weight is 208 g/mol. The van der Waals surface area contributed by atoms with Gasteiger partial charge in [0.25, 0.3) is 0 Å². The molecule has 4 heteroatoms. The molecule has 1 atom stereocenters. The van der Waals surface area contributed by atoms with E-state index in [1.807, 2.05) is 4.90 Å². The molecule has 1 unspecified atom stereocenters. The van der Waals surface area contributed by atoms with Crippen LogP contribution in [0.3, 0.4) is 0 Å². The van der Waals surface area contributed by atoms with E-state index < -0.39 is 0 Å². The van der Waals surface area contributed by atoms with Crippen molar-refractivity contribution in [2.75, 3.05) is 26.3 Å². The SMILES string of the molecule is N#CC1CCN(C(=O)C2CCOC2)CC1. The first kappa shape index (κ1) is 10.4. The molecule has 2 rings (SSSR count). The van der Waals surface area contributed by atoms with Crippen LogP contribution in [0.5, 0.6) is 0 Å². The number of nitrogens with zero attached hydrogens (tertiary/aromatic N) is 2. The number of carbonyl (C=O) groups excluding carboxylic acids is 1. The molecule has 82 valence electrons. The summed E-state index contributed by atoms with van der Waals surface area (Å²) in [7, 11) is 0. The third kappa shape index (κ3) is 2.29. The molecule has 4 nitrogen and oxygen atoms in total. The number of carbonyl (C=O) groups is 1. The van der Waals surface area contributed by atoms with Crippen molar-refractivity contribution >= 4 is 5.91 Å². The minimum Gasteiger partial charge on any atom is -0.381 e. The Balaban J connectivity index is 1.84. The van der Waals surface area contributed by atoms with Gasteiger partial charge in [0, 0.05) is 25.6 Å². The maximum absolute atomic E-state index is 12.0. The number of likely N-dealkylation sites (tertiary alicyclic amines) is 1. The molecule has 0 aliphatic carbocycles. The zero-order valence-electron chi connectivity index (χ0n) is 8.82. The molecule has 1 amide bonds. The van der Waals surface area contributed by atoms with Crippen LogP contribution in [0, 0.1) is 23.2 Å². The van der Waals surface area contributed by atoms with E-state index >= 15 is 0 Å². The van der Waals surface area contributed by atoms with Crippen LogP contribution in [-0.4, -0.2) is 37.1 Å². The van der Waals surface area contributed by atoms with E-state index in [0.29, 0.717) is 13.2 Å². The number of nitriles is 1. The predicted octanol–water partition coefficient (Wildman–Crippen LogP) is 0.785. The van der Waals surface area contributed by atoms with Gasteiger partial charge >= 0.3 is 0 Å². The molecular formula is C11H16N2O2. The Morgan fingerprint density at radius 3 is 2.60 bits per heavy atom. The summed E-state index contributed by atoms with van der Waals surface area (Å²) in [6, 6.07) is 2.27. The minimum atomic E-state index is 0.0728. The fourth-order valence-corrected chi connectivity index (χ4v) is 2.22. The minimum absolute atomic E-state index is 0.0728. The number of hydrogen-bond donors (Lipinski definition) is 0.